The summed E-state index contributed by atoms with van der Waals surface area (Å²) in [4.78, 5) is 1.90. The molecule has 0 aliphatic rings. The van der Waals surface area contributed by atoms with Crippen molar-refractivity contribution in [3.63, 3.8) is 0 Å². The molecule has 1 aromatic rings. The van der Waals surface area contributed by atoms with E-state index in [-0.39, 0.29) is 18.2 Å². The first-order valence-corrected chi connectivity index (χ1v) is 6.55. The molecule has 20 heavy (non-hydrogen) atoms. The van der Waals surface area contributed by atoms with Crippen LogP contribution in [-0.2, 0) is 4.74 Å². The number of hydrogen-bond donors (Lipinski definition) is 1. The monoisotopic (exact) mass is 290 g/mol. The highest BCUT2D eigenvalue weighted by Gasteiger charge is 2.26. The first kappa shape index (κ1) is 16.9. The molecule has 3 nitrogen and oxygen atoms in total. The van der Waals surface area contributed by atoms with E-state index in [0.717, 1.165) is 6.07 Å². The maximum absolute atomic E-state index is 13.9. The van der Waals surface area contributed by atoms with Gasteiger partial charge in [-0.05, 0) is 19.5 Å². The smallest absolute Gasteiger partial charge is 0.161 e. The lowest BCUT2D eigenvalue weighted by molar-refractivity contribution is 0.0738. The van der Waals surface area contributed by atoms with Gasteiger partial charge >= 0.3 is 0 Å². The van der Waals surface area contributed by atoms with E-state index in [2.05, 4.69) is 0 Å². The SMILES string of the molecule is CCN(C(C)COC)C(CN)c1cc(F)c(F)cc1F. The molecule has 0 aliphatic carbocycles. The van der Waals surface area contributed by atoms with E-state index in [9.17, 15) is 13.2 Å². The summed E-state index contributed by atoms with van der Waals surface area (Å²) in [6.45, 7) is 4.93. The van der Waals surface area contributed by atoms with Crippen LogP contribution in [0, 0.1) is 17.5 Å². The van der Waals surface area contributed by atoms with Gasteiger partial charge in [-0.25, -0.2) is 13.2 Å². The van der Waals surface area contributed by atoms with Crippen LogP contribution >= 0.6 is 0 Å². The van der Waals surface area contributed by atoms with Crippen LogP contribution in [0.15, 0.2) is 12.1 Å². The average molecular weight is 290 g/mol. The third-order valence-corrected chi connectivity index (χ3v) is 3.36. The molecule has 2 unspecified atom stereocenters. The molecule has 1 rings (SSSR count). The summed E-state index contributed by atoms with van der Waals surface area (Å²) in [6.07, 6.45) is 0. The molecule has 6 heteroatoms. The molecule has 2 atom stereocenters. The minimum Gasteiger partial charge on any atom is -0.383 e. The van der Waals surface area contributed by atoms with E-state index >= 15 is 0 Å². The van der Waals surface area contributed by atoms with Crippen molar-refractivity contribution in [1.29, 1.82) is 0 Å². The van der Waals surface area contributed by atoms with Crippen molar-refractivity contribution < 1.29 is 17.9 Å². The first-order chi connectivity index (χ1) is 9.46. The fraction of sp³-hybridized carbons (Fsp3) is 0.571. The number of hydrogen-bond acceptors (Lipinski definition) is 3. The number of ether oxygens (including phenoxy) is 1. The maximum Gasteiger partial charge on any atom is 0.161 e. The van der Waals surface area contributed by atoms with Crippen molar-refractivity contribution in [3.8, 4) is 0 Å². The Balaban J connectivity index is 3.13. The van der Waals surface area contributed by atoms with Gasteiger partial charge in [0.25, 0.3) is 0 Å². The Bertz CT molecular complexity index is 443. The lowest BCUT2D eigenvalue weighted by Gasteiger charge is -2.35. The molecule has 0 aliphatic heterocycles. The van der Waals surface area contributed by atoms with Crippen LogP contribution in [0.25, 0.3) is 0 Å². The summed E-state index contributed by atoms with van der Waals surface area (Å²) in [5.74, 6) is -3.06. The second-order valence-electron chi connectivity index (χ2n) is 4.67. The predicted octanol–water partition coefficient (Wildman–Crippen LogP) is 2.46. The van der Waals surface area contributed by atoms with Crippen molar-refractivity contribution in [2.45, 2.75) is 25.9 Å². The normalized spacial score (nSPS) is 14.6. The molecule has 0 amide bonds. The molecule has 0 heterocycles. The molecule has 0 bridgehead atoms. The Hall–Kier alpha value is -1.11. The zero-order valence-electron chi connectivity index (χ0n) is 12.0. The molecule has 114 valence electrons. The van der Waals surface area contributed by atoms with Gasteiger partial charge in [0.1, 0.15) is 5.82 Å². The topological polar surface area (TPSA) is 38.5 Å². The van der Waals surface area contributed by atoms with Crippen LogP contribution in [-0.4, -0.2) is 37.7 Å². The number of benzene rings is 1. The largest absolute Gasteiger partial charge is 0.383 e. The standard InChI is InChI=1S/C14H21F3N2O/c1-4-19(9(2)8-20-3)14(7-18)10-5-12(16)13(17)6-11(10)15/h5-6,9,14H,4,7-8,18H2,1-3H3. The second kappa shape index (κ2) is 7.61. The van der Waals surface area contributed by atoms with Gasteiger partial charge in [-0.2, -0.15) is 0 Å². The first-order valence-electron chi connectivity index (χ1n) is 6.55. The summed E-state index contributed by atoms with van der Waals surface area (Å²) in [5.41, 5.74) is 5.77. The number of methoxy groups -OCH3 is 1. The summed E-state index contributed by atoms with van der Waals surface area (Å²) in [7, 11) is 1.57. The van der Waals surface area contributed by atoms with E-state index in [0.29, 0.717) is 19.2 Å². The quantitative estimate of drug-likeness (QED) is 0.784. The highest BCUT2D eigenvalue weighted by atomic mass is 19.2. The Morgan fingerprint density at radius 3 is 2.30 bits per heavy atom. The van der Waals surface area contributed by atoms with Gasteiger partial charge in [-0.3, -0.25) is 4.90 Å². The molecule has 0 radical (unpaired) electrons. The van der Waals surface area contributed by atoms with E-state index < -0.39 is 23.5 Å². The number of likely N-dealkylation sites (N-methyl/N-ethyl adjacent to an activating group) is 1. The van der Waals surface area contributed by atoms with Crippen molar-refractivity contribution in [2.24, 2.45) is 5.73 Å². The molecule has 0 aromatic heterocycles. The predicted molar refractivity (Wildman–Crippen MR) is 71.8 cm³/mol. The number of nitrogens with two attached hydrogens (primary N) is 1. The highest BCUT2D eigenvalue weighted by Crippen LogP contribution is 2.26. The fourth-order valence-corrected chi connectivity index (χ4v) is 2.41. The van der Waals surface area contributed by atoms with Gasteiger partial charge in [0.2, 0.25) is 0 Å². The second-order valence-corrected chi connectivity index (χ2v) is 4.67. The lowest BCUT2D eigenvalue weighted by atomic mass is 10.0. The van der Waals surface area contributed by atoms with E-state index in [1.807, 2.05) is 18.7 Å². The number of nitrogens with zero attached hydrogens (tertiary/aromatic N) is 1. The van der Waals surface area contributed by atoms with Crippen molar-refractivity contribution in [1.82, 2.24) is 4.90 Å². The minimum absolute atomic E-state index is 0.0222. The van der Waals surface area contributed by atoms with Crippen molar-refractivity contribution >= 4 is 0 Å². The van der Waals surface area contributed by atoms with E-state index in [1.54, 1.807) is 7.11 Å². The summed E-state index contributed by atoms with van der Waals surface area (Å²) >= 11 is 0. The Morgan fingerprint density at radius 1 is 1.20 bits per heavy atom. The molecular formula is C14H21F3N2O. The van der Waals surface area contributed by atoms with Crippen LogP contribution < -0.4 is 5.73 Å². The van der Waals surface area contributed by atoms with E-state index in [1.165, 1.54) is 0 Å². The molecule has 1 aromatic carbocycles. The third kappa shape index (κ3) is 3.71. The van der Waals surface area contributed by atoms with Gasteiger partial charge in [-0.15, -0.1) is 0 Å². The van der Waals surface area contributed by atoms with Crippen LogP contribution in [0.1, 0.15) is 25.5 Å². The summed E-state index contributed by atoms with van der Waals surface area (Å²) in [5, 5.41) is 0. The maximum atomic E-state index is 13.9. The minimum atomic E-state index is -1.20. The van der Waals surface area contributed by atoms with Crippen LogP contribution in [0.5, 0.6) is 0 Å². The number of halogens is 3. The Labute approximate surface area is 117 Å². The van der Waals surface area contributed by atoms with Crippen LogP contribution in [0.3, 0.4) is 0 Å². The lowest BCUT2D eigenvalue weighted by Crippen LogP contribution is -2.42. The van der Waals surface area contributed by atoms with E-state index in [4.69, 9.17) is 10.5 Å². The molecular weight excluding hydrogens is 269 g/mol. The van der Waals surface area contributed by atoms with Gasteiger partial charge in [0.15, 0.2) is 11.6 Å². The zero-order valence-corrected chi connectivity index (χ0v) is 12.0. The number of rotatable bonds is 7. The zero-order chi connectivity index (χ0) is 15.3. The molecule has 0 saturated heterocycles. The summed E-state index contributed by atoms with van der Waals surface area (Å²) in [6, 6.07) is 0.887. The van der Waals surface area contributed by atoms with Gasteiger partial charge < -0.3 is 10.5 Å². The van der Waals surface area contributed by atoms with Gasteiger partial charge in [0.05, 0.1) is 12.6 Å². The molecule has 0 fully saturated rings. The van der Waals surface area contributed by atoms with Crippen LogP contribution in [0.4, 0.5) is 13.2 Å². The Morgan fingerprint density at radius 2 is 1.80 bits per heavy atom. The van der Waals surface area contributed by atoms with Crippen molar-refractivity contribution in [3.05, 3.63) is 35.1 Å². The third-order valence-electron chi connectivity index (χ3n) is 3.36. The van der Waals surface area contributed by atoms with Gasteiger partial charge in [-0.1, -0.05) is 6.92 Å². The summed E-state index contributed by atoms with van der Waals surface area (Å²) < 4.78 is 45.3. The Kier molecular flexibility index (Phi) is 6.45. The van der Waals surface area contributed by atoms with Gasteiger partial charge in [0, 0.05) is 31.3 Å². The highest BCUT2D eigenvalue weighted by molar-refractivity contribution is 5.24. The average Bonchev–Trinajstić information content (AvgIpc) is 2.40. The molecule has 2 N–H and O–H groups in total. The van der Waals surface area contributed by atoms with Crippen molar-refractivity contribution in [2.75, 3.05) is 26.8 Å². The molecule has 0 spiro atoms. The fourth-order valence-electron chi connectivity index (χ4n) is 2.41. The molecule has 0 saturated carbocycles. The van der Waals surface area contributed by atoms with Crippen LogP contribution in [0.2, 0.25) is 0 Å².